The molecule has 0 aliphatic carbocycles. The molecule has 1 amide bonds. The summed E-state index contributed by atoms with van der Waals surface area (Å²) in [6, 6.07) is 5.48. The lowest BCUT2D eigenvalue weighted by atomic mass is 10.2. The molecule has 0 bridgehead atoms. The Labute approximate surface area is 128 Å². The zero-order valence-electron chi connectivity index (χ0n) is 12.1. The van der Waals surface area contributed by atoms with E-state index in [4.69, 9.17) is 4.74 Å². The van der Waals surface area contributed by atoms with E-state index in [0.717, 1.165) is 17.3 Å². The van der Waals surface area contributed by atoms with Crippen molar-refractivity contribution in [2.75, 3.05) is 0 Å². The van der Waals surface area contributed by atoms with Crippen molar-refractivity contribution >= 4 is 21.8 Å². The quantitative estimate of drug-likeness (QED) is 0.799. The van der Waals surface area contributed by atoms with Crippen molar-refractivity contribution in [3.63, 3.8) is 0 Å². The Balaban J connectivity index is 2.65. The van der Waals surface area contributed by atoms with Crippen LogP contribution in [0.1, 0.15) is 39.2 Å². The van der Waals surface area contributed by atoms with Crippen molar-refractivity contribution in [3.05, 3.63) is 28.2 Å². The second-order valence-electron chi connectivity index (χ2n) is 4.87. The number of carbonyl (C=O) groups excluding carboxylic acids is 1. The number of hydrogen-bond acceptors (Lipinski definition) is 3. The number of benzene rings is 1. The van der Waals surface area contributed by atoms with Gasteiger partial charge in [-0.3, -0.25) is 4.79 Å². The lowest BCUT2D eigenvalue weighted by Gasteiger charge is -2.19. The van der Waals surface area contributed by atoms with Gasteiger partial charge < -0.3 is 15.2 Å². The molecule has 0 aromatic heterocycles. The fourth-order valence-electron chi connectivity index (χ4n) is 1.90. The summed E-state index contributed by atoms with van der Waals surface area (Å²) in [5, 5.41) is 12.2. The van der Waals surface area contributed by atoms with Gasteiger partial charge >= 0.3 is 0 Å². The summed E-state index contributed by atoms with van der Waals surface area (Å²) < 4.78 is 6.50. The van der Waals surface area contributed by atoms with Crippen LogP contribution in [0, 0.1) is 0 Å². The Morgan fingerprint density at radius 3 is 2.75 bits per heavy atom. The monoisotopic (exact) mass is 343 g/mol. The standard InChI is InChI=1S/C15H22BrNO3/c1-4-5-10(2)17-15(19)11(3)20-14-7-6-13(16)8-12(14)9-18/h6-8,10-11,18H,4-5,9H2,1-3H3,(H,17,19). The van der Waals surface area contributed by atoms with E-state index in [2.05, 4.69) is 28.2 Å². The van der Waals surface area contributed by atoms with Gasteiger partial charge in [0.15, 0.2) is 6.10 Å². The molecular formula is C15H22BrNO3. The van der Waals surface area contributed by atoms with Gasteiger partial charge in [-0.1, -0.05) is 29.3 Å². The molecule has 0 saturated heterocycles. The number of carbonyl (C=O) groups is 1. The summed E-state index contributed by atoms with van der Waals surface area (Å²) >= 11 is 3.34. The number of hydrogen-bond donors (Lipinski definition) is 2. The van der Waals surface area contributed by atoms with Gasteiger partial charge in [0.25, 0.3) is 5.91 Å². The first-order chi connectivity index (χ1) is 9.47. The summed E-state index contributed by atoms with van der Waals surface area (Å²) in [6.07, 6.45) is 1.37. The molecule has 0 aliphatic rings. The maximum Gasteiger partial charge on any atom is 0.260 e. The van der Waals surface area contributed by atoms with E-state index >= 15 is 0 Å². The summed E-state index contributed by atoms with van der Waals surface area (Å²) in [7, 11) is 0. The van der Waals surface area contributed by atoms with E-state index in [0.29, 0.717) is 11.3 Å². The molecule has 2 atom stereocenters. The van der Waals surface area contributed by atoms with Crippen molar-refractivity contribution in [2.24, 2.45) is 0 Å². The molecule has 112 valence electrons. The molecular weight excluding hydrogens is 322 g/mol. The third-order valence-corrected chi connectivity index (χ3v) is 3.47. The molecule has 0 saturated carbocycles. The second kappa shape index (κ2) is 8.27. The highest BCUT2D eigenvalue weighted by Crippen LogP contribution is 2.24. The fraction of sp³-hybridized carbons (Fsp3) is 0.533. The van der Waals surface area contributed by atoms with E-state index in [1.54, 1.807) is 19.1 Å². The van der Waals surface area contributed by atoms with Gasteiger partial charge in [-0.25, -0.2) is 0 Å². The van der Waals surface area contributed by atoms with Gasteiger partial charge in [0.05, 0.1) is 6.61 Å². The topological polar surface area (TPSA) is 58.6 Å². The minimum Gasteiger partial charge on any atom is -0.481 e. The van der Waals surface area contributed by atoms with Crippen LogP contribution in [-0.4, -0.2) is 23.2 Å². The molecule has 0 aliphatic heterocycles. The van der Waals surface area contributed by atoms with E-state index in [9.17, 15) is 9.90 Å². The van der Waals surface area contributed by atoms with E-state index < -0.39 is 6.10 Å². The van der Waals surface area contributed by atoms with Crippen molar-refractivity contribution in [1.82, 2.24) is 5.32 Å². The predicted molar refractivity (Wildman–Crippen MR) is 82.7 cm³/mol. The normalized spacial score (nSPS) is 13.7. The molecule has 1 aromatic rings. The van der Waals surface area contributed by atoms with Crippen LogP contribution in [0.2, 0.25) is 0 Å². The Morgan fingerprint density at radius 1 is 1.45 bits per heavy atom. The molecule has 1 rings (SSSR count). The van der Waals surface area contributed by atoms with Gasteiger partial charge in [-0.05, 0) is 38.5 Å². The lowest BCUT2D eigenvalue weighted by Crippen LogP contribution is -2.41. The van der Waals surface area contributed by atoms with E-state index in [1.807, 2.05) is 13.0 Å². The molecule has 0 fully saturated rings. The third kappa shape index (κ3) is 5.13. The van der Waals surface area contributed by atoms with Gasteiger partial charge in [-0.15, -0.1) is 0 Å². The van der Waals surface area contributed by atoms with Gasteiger partial charge in [0, 0.05) is 16.1 Å². The van der Waals surface area contributed by atoms with Crippen LogP contribution in [-0.2, 0) is 11.4 Å². The van der Waals surface area contributed by atoms with Crippen molar-refractivity contribution in [1.29, 1.82) is 0 Å². The number of nitrogens with one attached hydrogen (secondary N) is 1. The summed E-state index contributed by atoms with van der Waals surface area (Å²) in [5.41, 5.74) is 0.653. The Kier molecular flexibility index (Phi) is 7.02. The number of rotatable bonds is 7. The SMILES string of the molecule is CCCC(C)NC(=O)C(C)Oc1ccc(Br)cc1CO. The largest absolute Gasteiger partial charge is 0.481 e. The number of amides is 1. The molecule has 20 heavy (non-hydrogen) atoms. The fourth-order valence-corrected chi connectivity index (χ4v) is 2.30. The summed E-state index contributed by atoms with van der Waals surface area (Å²) in [5.74, 6) is 0.388. The maximum atomic E-state index is 12.0. The average molecular weight is 344 g/mol. The van der Waals surface area contributed by atoms with Crippen molar-refractivity contribution < 1.29 is 14.6 Å². The average Bonchev–Trinajstić information content (AvgIpc) is 2.40. The van der Waals surface area contributed by atoms with Gasteiger partial charge in [-0.2, -0.15) is 0 Å². The van der Waals surface area contributed by atoms with E-state index in [1.165, 1.54) is 0 Å². The van der Waals surface area contributed by atoms with Gasteiger partial charge in [0.1, 0.15) is 5.75 Å². The highest BCUT2D eigenvalue weighted by Gasteiger charge is 2.17. The molecule has 5 heteroatoms. The van der Waals surface area contributed by atoms with Crippen LogP contribution in [0.3, 0.4) is 0 Å². The van der Waals surface area contributed by atoms with Gasteiger partial charge in [0.2, 0.25) is 0 Å². The molecule has 0 spiro atoms. The van der Waals surface area contributed by atoms with Crippen LogP contribution >= 0.6 is 15.9 Å². The molecule has 0 radical (unpaired) electrons. The minimum atomic E-state index is -0.596. The Bertz CT molecular complexity index is 451. The molecule has 2 N–H and O–H groups in total. The summed E-state index contributed by atoms with van der Waals surface area (Å²) in [4.78, 5) is 12.0. The van der Waals surface area contributed by atoms with Crippen LogP contribution < -0.4 is 10.1 Å². The molecule has 0 heterocycles. The lowest BCUT2D eigenvalue weighted by molar-refractivity contribution is -0.127. The van der Waals surface area contributed by atoms with Crippen molar-refractivity contribution in [3.8, 4) is 5.75 Å². The number of ether oxygens (including phenoxy) is 1. The predicted octanol–water partition coefficient (Wildman–Crippen LogP) is 3.01. The highest BCUT2D eigenvalue weighted by atomic mass is 79.9. The molecule has 2 unspecified atom stereocenters. The Hall–Kier alpha value is -1.07. The first kappa shape index (κ1) is 17.0. The van der Waals surface area contributed by atoms with Crippen LogP contribution in [0.15, 0.2) is 22.7 Å². The van der Waals surface area contributed by atoms with Crippen LogP contribution in [0.4, 0.5) is 0 Å². The number of aliphatic hydroxyl groups excluding tert-OH is 1. The van der Waals surface area contributed by atoms with Crippen LogP contribution in [0.5, 0.6) is 5.75 Å². The zero-order valence-corrected chi connectivity index (χ0v) is 13.7. The second-order valence-corrected chi connectivity index (χ2v) is 5.78. The Morgan fingerprint density at radius 2 is 2.15 bits per heavy atom. The maximum absolute atomic E-state index is 12.0. The first-order valence-corrected chi connectivity index (χ1v) is 7.63. The van der Waals surface area contributed by atoms with Crippen molar-refractivity contribution in [2.45, 2.75) is 52.4 Å². The number of halogens is 1. The zero-order chi connectivity index (χ0) is 15.1. The minimum absolute atomic E-state index is 0.130. The summed E-state index contributed by atoms with van der Waals surface area (Å²) in [6.45, 7) is 5.64. The number of aliphatic hydroxyl groups is 1. The third-order valence-electron chi connectivity index (χ3n) is 2.98. The smallest absolute Gasteiger partial charge is 0.260 e. The first-order valence-electron chi connectivity index (χ1n) is 6.84. The molecule has 4 nitrogen and oxygen atoms in total. The highest BCUT2D eigenvalue weighted by molar-refractivity contribution is 9.10. The van der Waals surface area contributed by atoms with E-state index in [-0.39, 0.29) is 18.6 Å². The van der Waals surface area contributed by atoms with Crippen LogP contribution in [0.25, 0.3) is 0 Å². The molecule has 1 aromatic carbocycles.